The molecule has 0 amide bonds. The third-order valence-corrected chi connectivity index (χ3v) is 5.17. The first-order valence-electron chi connectivity index (χ1n) is 9.69. The van der Waals surface area contributed by atoms with E-state index in [4.69, 9.17) is 9.15 Å². The standard InChI is InChI=1S/C22H15F5N4O3/c1-9-12(22(25,26)27)7-28-20(34-16-5-4-13(23)19(24)10(16)2)17(9)14-6-15(32)18(11(3)30-14)21-31-29-8-33-21/h4-8H,1-3H3,(H,30,32). The number of pyridine rings is 2. The predicted molar refractivity (Wildman–Crippen MR) is 109 cm³/mol. The van der Waals surface area contributed by atoms with Crippen LogP contribution in [-0.2, 0) is 6.18 Å². The molecule has 0 fully saturated rings. The Labute approximate surface area is 188 Å². The summed E-state index contributed by atoms with van der Waals surface area (Å²) in [6.45, 7) is 3.93. The Bertz CT molecular complexity index is 1450. The molecule has 3 aromatic heterocycles. The van der Waals surface area contributed by atoms with E-state index in [0.29, 0.717) is 6.20 Å². The van der Waals surface area contributed by atoms with Gasteiger partial charge in [0.1, 0.15) is 11.3 Å². The van der Waals surface area contributed by atoms with E-state index in [-0.39, 0.29) is 51.2 Å². The van der Waals surface area contributed by atoms with Gasteiger partial charge in [0.2, 0.25) is 12.3 Å². The summed E-state index contributed by atoms with van der Waals surface area (Å²) < 4.78 is 79.0. The molecule has 0 unspecified atom stereocenters. The van der Waals surface area contributed by atoms with Gasteiger partial charge in [0, 0.05) is 23.5 Å². The second-order valence-corrected chi connectivity index (χ2v) is 7.35. The number of hydrogen-bond donors (Lipinski definition) is 1. The number of aryl methyl sites for hydroxylation is 1. The molecule has 34 heavy (non-hydrogen) atoms. The molecule has 176 valence electrons. The molecule has 0 atom stereocenters. The molecule has 1 aromatic carbocycles. The molecular formula is C22H15F5N4O3. The van der Waals surface area contributed by atoms with E-state index < -0.39 is 28.8 Å². The number of nitrogens with one attached hydrogen (secondary N) is 1. The Morgan fingerprint density at radius 3 is 2.41 bits per heavy atom. The summed E-state index contributed by atoms with van der Waals surface area (Å²) in [6, 6.07) is 2.99. The molecule has 3 heterocycles. The Morgan fingerprint density at radius 1 is 1.06 bits per heavy atom. The van der Waals surface area contributed by atoms with E-state index in [1.807, 2.05) is 0 Å². The number of hydrogen-bond acceptors (Lipinski definition) is 6. The molecule has 0 aliphatic carbocycles. The average molecular weight is 478 g/mol. The van der Waals surface area contributed by atoms with Crippen LogP contribution in [0.3, 0.4) is 0 Å². The number of rotatable bonds is 4. The zero-order valence-electron chi connectivity index (χ0n) is 17.8. The molecule has 0 saturated heterocycles. The van der Waals surface area contributed by atoms with Gasteiger partial charge >= 0.3 is 6.18 Å². The number of ether oxygens (including phenoxy) is 1. The summed E-state index contributed by atoms with van der Waals surface area (Å²) in [5.41, 5.74) is -2.12. The van der Waals surface area contributed by atoms with Crippen LogP contribution in [0, 0.1) is 32.4 Å². The fraction of sp³-hybridized carbons (Fsp3) is 0.182. The van der Waals surface area contributed by atoms with Crippen molar-refractivity contribution >= 4 is 0 Å². The van der Waals surface area contributed by atoms with Crippen LogP contribution in [-0.4, -0.2) is 20.2 Å². The van der Waals surface area contributed by atoms with E-state index in [2.05, 4.69) is 20.2 Å². The number of aromatic nitrogens is 4. The lowest BCUT2D eigenvalue weighted by atomic mass is 10.0. The second-order valence-electron chi connectivity index (χ2n) is 7.35. The Hall–Kier alpha value is -4.09. The summed E-state index contributed by atoms with van der Waals surface area (Å²) in [5.74, 6) is -2.86. The number of nitrogens with zero attached hydrogens (tertiary/aromatic N) is 3. The van der Waals surface area contributed by atoms with Gasteiger partial charge in [-0.05, 0) is 38.5 Å². The highest BCUT2D eigenvalue weighted by Gasteiger charge is 2.35. The summed E-state index contributed by atoms with van der Waals surface area (Å²) in [6.07, 6.45) is -3.15. The van der Waals surface area contributed by atoms with Crippen molar-refractivity contribution in [1.82, 2.24) is 20.2 Å². The maximum absolute atomic E-state index is 14.0. The molecule has 0 saturated carbocycles. The van der Waals surface area contributed by atoms with Gasteiger partial charge in [0.15, 0.2) is 17.1 Å². The molecule has 0 aliphatic rings. The monoisotopic (exact) mass is 478 g/mol. The molecule has 4 rings (SSSR count). The van der Waals surface area contributed by atoms with Crippen molar-refractivity contribution in [2.24, 2.45) is 0 Å². The minimum absolute atomic E-state index is 0.0396. The van der Waals surface area contributed by atoms with Crippen LogP contribution in [0.2, 0.25) is 0 Å². The van der Waals surface area contributed by atoms with Crippen molar-refractivity contribution in [2.45, 2.75) is 26.9 Å². The first kappa shape index (κ1) is 23.1. The Balaban J connectivity index is 1.94. The normalized spacial score (nSPS) is 11.6. The van der Waals surface area contributed by atoms with E-state index in [9.17, 15) is 26.7 Å². The molecular weight excluding hydrogens is 463 g/mol. The van der Waals surface area contributed by atoms with Gasteiger partial charge in [-0.1, -0.05) is 0 Å². The average Bonchev–Trinajstić information content (AvgIpc) is 3.27. The van der Waals surface area contributed by atoms with Gasteiger partial charge < -0.3 is 14.1 Å². The van der Waals surface area contributed by atoms with Gasteiger partial charge in [-0.3, -0.25) is 4.79 Å². The first-order valence-corrected chi connectivity index (χ1v) is 9.69. The van der Waals surface area contributed by atoms with Gasteiger partial charge in [0.05, 0.1) is 16.8 Å². The topological polar surface area (TPSA) is 93.9 Å². The number of benzene rings is 1. The van der Waals surface area contributed by atoms with Gasteiger partial charge in [-0.2, -0.15) is 13.2 Å². The first-order chi connectivity index (χ1) is 16.0. The molecule has 0 bridgehead atoms. The molecule has 12 heteroatoms. The lowest BCUT2D eigenvalue weighted by Crippen LogP contribution is -2.13. The third kappa shape index (κ3) is 4.02. The van der Waals surface area contributed by atoms with Crippen molar-refractivity contribution in [1.29, 1.82) is 0 Å². The third-order valence-electron chi connectivity index (χ3n) is 5.17. The largest absolute Gasteiger partial charge is 0.438 e. The summed E-state index contributed by atoms with van der Waals surface area (Å²) >= 11 is 0. The fourth-order valence-electron chi connectivity index (χ4n) is 3.48. The van der Waals surface area contributed by atoms with Crippen LogP contribution in [0.1, 0.15) is 22.4 Å². The number of H-pyrrole nitrogens is 1. The summed E-state index contributed by atoms with van der Waals surface area (Å²) in [7, 11) is 0. The van der Waals surface area contributed by atoms with Crippen LogP contribution in [0.5, 0.6) is 11.6 Å². The zero-order valence-corrected chi connectivity index (χ0v) is 17.8. The van der Waals surface area contributed by atoms with E-state index in [1.165, 1.54) is 20.8 Å². The van der Waals surface area contributed by atoms with Crippen LogP contribution in [0.25, 0.3) is 22.7 Å². The van der Waals surface area contributed by atoms with Crippen LogP contribution < -0.4 is 10.2 Å². The molecule has 0 spiro atoms. The van der Waals surface area contributed by atoms with E-state index in [0.717, 1.165) is 24.6 Å². The molecule has 0 radical (unpaired) electrons. The second kappa shape index (κ2) is 8.36. The van der Waals surface area contributed by atoms with Crippen molar-refractivity contribution in [2.75, 3.05) is 0 Å². The number of alkyl halides is 3. The summed E-state index contributed by atoms with van der Waals surface area (Å²) in [5, 5.41) is 7.20. The quantitative estimate of drug-likeness (QED) is 0.389. The minimum atomic E-state index is -4.75. The van der Waals surface area contributed by atoms with Gasteiger partial charge in [-0.15, -0.1) is 10.2 Å². The molecule has 7 nitrogen and oxygen atoms in total. The number of aromatic amines is 1. The van der Waals surface area contributed by atoms with E-state index in [1.54, 1.807) is 0 Å². The van der Waals surface area contributed by atoms with E-state index >= 15 is 0 Å². The molecule has 1 N–H and O–H groups in total. The molecule has 0 aliphatic heterocycles. The van der Waals surface area contributed by atoms with Crippen LogP contribution in [0.15, 0.2) is 40.0 Å². The highest BCUT2D eigenvalue weighted by atomic mass is 19.4. The van der Waals surface area contributed by atoms with Gasteiger partial charge in [0.25, 0.3) is 5.89 Å². The Morgan fingerprint density at radius 2 is 1.79 bits per heavy atom. The SMILES string of the molecule is Cc1[nH]c(-c2c(Oc3ccc(F)c(F)c3C)ncc(C(F)(F)F)c2C)cc(=O)c1-c1nnco1. The minimum Gasteiger partial charge on any atom is -0.438 e. The smallest absolute Gasteiger partial charge is 0.418 e. The lowest BCUT2D eigenvalue weighted by molar-refractivity contribution is -0.138. The maximum Gasteiger partial charge on any atom is 0.418 e. The van der Waals surface area contributed by atoms with Crippen molar-refractivity contribution in [3.8, 4) is 34.3 Å². The number of halogens is 5. The van der Waals surface area contributed by atoms with Crippen molar-refractivity contribution < 1.29 is 31.1 Å². The fourth-order valence-corrected chi connectivity index (χ4v) is 3.48. The summed E-state index contributed by atoms with van der Waals surface area (Å²) in [4.78, 5) is 19.4. The van der Waals surface area contributed by atoms with Crippen molar-refractivity contribution in [3.63, 3.8) is 0 Å². The van der Waals surface area contributed by atoms with Crippen molar-refractivity contribution in [3.05, 3.63) is 75.0 Å². The maximum atomic E-state index is 14.0. The van der Waals surface area contributed by atoms with Crippen LogP contribution in [0.4, 0.5) is 22.0 Å². The predicted octanol–water partition coefficient (Wildman–Crippen LogP) is 5.50. The molecule has 4 aromatic rings. The van der Waals surface area contributed by atoms with Gasteiger partial charge in [-0.25, -0.2) is 13.8 Å². The van der Waals surface area contributed by atoms with Crippen LogP contribution >= 0.6 is 0 Å². The highest BCUT2D eigenvalue weighted by Crippen LogP contribution is 2.41. The highest BCUT2D eigenvalue weighted by molar-refractivity contribution is 5.73. The lowest BCUT2D eigenvalue weighted by Gasteiger charge is -2.18. The zero-order chi connectivity index (χ0) is 24.8. The Kier molecular flexibility index (Phi) is 5.67.